The molecule has 0 saturated carbocycles. The van der Waals surface area contributed by atoms with Crippen molar-refractivity contribution < 1.29 is 0 Å². The number of rotatable bonds is 3. The van der Waals surface area contributed by atoms with E-state index in [1.54, 1.807) is 0 Å². The van der Waals surface area contributed by atoms with Gasteiger partial charge in [0.25, 0.3) is 0 Å². The number of aromatic nitrogens is 3. The lowest BCUT2D eigenvalue weighted by molar-refractivity contribution is 0.252. The zero-order valence-corrected chi connectivity index (χ0v) is 13.6. The number of hydrogen-bond donors (Lipinski definition) is 0. The van der Waals surface area contributed by atoms with Crippen molar-refractivity contribution in [2.24, 2.45) is 0 Å². The third-order valence-electron chi connectivity index (χ3n) is 5.28. The van der Waals surface area contributed by atoms with Gasteiger partial charge in [0.15, 0.2) is 5.65 Å². The molecule has 0 N–H and O–H groups in total. The van der Waals surface area contributed by atoms with Gasteiger partial charge in [-0.05, 0) is 58.1 Å². The monoisotopic (exact) mass is 299 g/mol. The first-order chi connectivity index (χ1) is 10.8. The van der Waals surface area contributed by atoms with Crippen molar-refractivity contribution >= 4 is 11.2 Å². The van der Waals surface area contributed by atoms with E-state index in [0.29, 0.717) is 12.1 Å². The highest BCUT2D eigenvalue weighted by Gasteiger charge is 2.33. The molecule has 118 valence electrons. The summed E-state index contributed by atoms with van der Waals surface area (Å²) >= 11 is 0. The van der Waals surface area contributed by atoms with E-state index in [2.05, 4.69) is 39.4 Å². The lowest BCUT2D eigenvalue weighted by Crippen LogP contribution is -2.27. The number of nitrogens with zero attached hydrogens (tertiary/aromatic N) is 5. The smallest absolute Gasteiger partial charge is 0.160 e. The molecule has 2 aromatic rings. The van der Waals surface area contributed by atoms with Crippen LogP contribution in [0.15, 0.2) is 18.3 Å². The third kappa shape index (κ3) is 2.23. The van der Waals surface area contributed by atoms with E-state index in [4.69, 9.17) is 4.98 Å². The van der Waals surface area contributed by atoms with Gasteiger partial charge in [-0.25, -0.2) is 9.97 Å². The maximum absolute atomic E-state index is 5.00. The van der Waals surface area contributed by atoms with E-state index in [-0.39, 0.29) is 0 Å². The summed E-state index contributed by atoms with van der Waals surface area (Å²) in [6.45, 7) is 6.83. The molecule has 0 spiro atoms. The average Bonchev–Trinajstić information content (AvgIpc) is 3.23. The van der Waals surface area contributed by atoms with Crippen LogP contribution in [0.2, 0.25) is 0 Å². The molecule has 4 heterocycles. The zero-order chi connectivity index (χ0) is 15.1. The Morgan fingerprint density at radius 1 is 1.27 bits per heavy atom. The Labute approximate surface area is 131 Å². The lowest BCUT2D eigenvalue weighted by atomic mass is 10.2. The van der Waals surface area contributed by atoms with Crippen LogP contribution in [-0.4, -0.2) is 57.6 Å². The van der Waals surface area contributed by atoms with E-state index >= 15 is 0 Å². The average molecular weight is 299 g/mol. The van der Waals surface area contributed by atoms with E-state index in [0.717, 1.165) is 24.3 Å². The lowest BCUT2D eigenvalue weighted by Gasteiger charge is -2.25. The molecule has 0 amide bonds. The molecule has 4 rings (SSSR count). The van der Waals surface area contributed by atoms with Crippen LogP contribution in [0.3, 0.4) is 0 Å². The van der Waals surface area contributed by atoms with Gasteiger partial charge in [-0.15, -0.1) is 0 Å². The molecule has 22 heavy (non-hydrogen) atoms. The Kier molecular flexibility index (Phi) is 3.62. The summed E-state index contributed by atoms with van der Waals surface area (Å²) in [7, 11) is 2.21. The molecule has 0 aliphatic carbocycles. The Balaban J connectivity index is 1.83. The van der Waals surface area contributed by atoms with E-state index in [1.165, 1.54) is 38.2 Å². The SMILES string of the molecule is CCN1CCCC1c1nc2cccnc2n1C1CCN(C)C1. The summed E-state index contributed by atoms with van der Waals surface area (Å²) in [5.41, 5.74) is 2.12. The topological polar surface area (TPSA) is 37.2 Å². The van der Waals surface area contributed by atoms with Gasteiger partial charge < -0.3 is 9.47 Å². The number of likely N-dealkylation sites (N-methyl/N-ethyl adjacent to an activating group) is 1. The van der Waals surface area contributed by atoms with Gasteiger partial charge in [0.2, 0.25) is 0 Å². The number of fused-ring (bicyclic) bond motifs is 1. The van der Waals surface area contributed by atoms with Crippen molar-refractivity contribution in [3.8, 4) is 0 Å². The molecular formula is C17H25N5. The molecule has 2 atom stereocenters. The molecule has 5 heteroatoms. The van der Waals surface area contributed by atoms with Crippen LogP contribution >= 0.6 is 0 Å². The predicted molar refractivity (Wildman–Crippen MR) is 87.9 cm³/mol. The van der Waals surface area contributed by atoms with Gasteiger partial charge >= 0.3 is 0 Å². The minimum atomic E-state index is 0.463. The van der Waals surface area contributed by atoms with Gasteiger partial charge in [-0.1, -0.05) is 6.92 Å². The molecule has 2 unspecified atom stereocenters. The molecule has 5 nitrogen and oxygen atoms in total. The number of imidazole rings is 1. The molecule has 0 bridgehead atoms. The van der Waals surface area contributed by atoms with Gasteiger partial charge in [-0.2, -0.15) is 0 Å². The van der Waals surface area contributed by atoms with Crippen molar-refractivity contribution in [3.63, 3.8) is 0 Å². The van der Waals surface area contributed by atoms with Crippen LogP contribution in [0.25, 0.3) is 11.2 Å². The highest BCUT2D eigenvalue weighted by molar-refractivity contribution is 5.71. The van der Waals surface area contributed by atoms with Gasteiger partial charge in [0.05, 0.1) is 12.1 Å². The summed E-state index contributed by atoms with van der Waals surface area (Å²) < 4.78 is 2.46. The second kappa shape index (κ2) is 5.63. The van der Waals surface area contributed by atoms with Crippen molar-refractivity contribution in [1.29, 1.82) is 0 Å². The van der Waals surface area contributed by atoms with Crippen LogP contribution in [0.4, 0.5) is 0 Å². The van der Waals surface area contributed by atoms with Crippen molar-refractivity contribution in [2.75, 3.05) is 33.2 Å². The minimum absolute atomic E-state index is 0.463. The van der Waals surface area contributed by atoms with Crippen LogP contribution < -0.4 is 0 Å². The maximum Gasteiger partial charge on any atom is 0.160 e. The number of pyridine rings is 1. The van der Waals surface area contributed by atoms with Crippen molar-refractivity contribution in [2.45, 2.75) is 38.3 Å². The van der Waals surface area contributed by atoms with Gasteiger partial charge in [-0.3, -0.25) is 4.90 Å². The third-order valence-corrected chi connectivity index (χ3v) is 5.28. The summed E-state index contributed by atoms with van der Waals surface area (Å²) in [6, 6.07) is 5.08. The Morgan fingerprint density at radius 3 is 2.95 bits per heavy atom. The first kappa shape index (κ1) is 14.2. The van der Waals surface area contributed by atoms with Crippen LogP contribution in [0, 0.1) is 0 Å². The molecule has 2 saturated heterocycles. The fourth-order valence-electron chi connectivity index (χ4n) is 4.16. The zero-order valence-electron chi connectivity index (χ0n) is 13.6. The normalized spacial score (nSPS) is 27.2. The molecule has 0 radical (unpaired) electrons. The van der Waals surface area contributed by atoms with E-state index < -0.39 is 0 Å². The largest absolute Gasteiger partial charge is 0.307 e. The van der Waals surface area contributed by atoms with E-state index in [1.807, 2.05) is 12.3 Å². The van der Waals surface area contributed by atoms with Crippen molar-refractivity contribution in [1.82, 2.24) is 24.3 Å². The van der Waals surface area contributed by atoms with Crippen LogP contribution in [-0.2, 0) is 0 Å². The summed E-state index contributed by atoms with van der Waals surface area (Å²) in [5.74, 6) is 1.24. The fourth-order valence-corrected chi connectivity index (χ4v) is 4.16. The first-order valence-electron chi connectivity index (χ1n) is 8.53. The number of hydrogen-bond acceptors (Lipinski definition) is 4. The second-order valence-electron chi connectivity index (χ2n) is 6.68. The number of likely N-dealkylation sites (tertiary alicyclic amines) is 2. The standard InChI is InChI=1S/C17H25N5/c1-3-21-10-5-7-15(21)17-19-14-6-4-9-18-16(14)22(17)13-8-11-20(2)12-13/h4,6,9,13,15H,3,5,7-8,10-12H2,1-2H3. The summed E-state index contributed by atoms with van der Waals surface area (Å²) in [5, 5.41) is 0. The molecular weight excluding hydrogens is 274 g/mol. The second-order valence-corrected chi connectivity index (χ2v) is 6.68. The molecule has 0 aromatic carbocycles. The maximum atomic E-state index is 5.00. The summed E-state index contributed by atoms with van der Waals surface area (Å²) in [6.07, 6.45) is 5.60. The quantitative estimate of drug-likeness (QED) is 0.872. The van der Waals surface area contributed by atoms with Crippen LogP contribution in [0.1, 0.15) is 44.1 Å². The first-order valence-corrected chi connectivity index (χ1v) is 8.53. The van der Waals surface area contributed by atoms with E-state index in [9.17, 15) is 0 Å². The highest BCUT2D eigenvalue weighted by Crippen LogP contribution is 2.36. The molecule has 2 fully saturated rings. The summed E-state index contributed by atoms with van der Waals surface area (Å²) in [4.78, 5) is 14.6. The fraction of sp³-hybridized carbons (Fsp3) is 0.647. The van der Waals surface area contributed by atoms with Gasteiger partial charge in [0, 0.05) is 12.7 Å². The minimum Gasteiger partial charge on any atom is -0.307 e. The Bertz CT molecular complexity index is 664. The van der Waals surface area contributed by atoms with Crippen LogP contribution in [0.5, 0.6) is 0 Å². The molecule has 2 aliphatic rings. The van der Waals surface area contributed by atoms with Gasteiger partial charge in [0.1, 0.15) is 11.3 Å². The predicted octanol–water partition coefficient (Wildman–Crippen LogP) is 2.46. The Hall–Kier alpha value is -1.46. The highest BCUT2D eigenvalue weighted by atomic mass is 15.3. The molecule has 2 aliphatic heterocycles. The Morgan fingerprint density at radius 2 is 2.18 bits per heavy atom. The van der Waals surface area contributed by atoms with Crippen molar-refractivity contribution in [3.05, 3.63) is 24.2 Å². The molecule has 2 aromatic heterocycles.